The molecule has 0 fully saturated rings. The summed E-state index contributed by atoms with van der Waals surface area (Å²) in [6, 6.07) is 5.12. The van der Waals surface area contributed by atoms with E-state index in [4.69, 9.17) is 28.0 Å². The van der Waals surface area contributed by atoms with Crippen molar-refractivity contribution < 1.29 is 9.63 Å². The Bertz CT molecular complexity index is 600. The van der Waals surface area contributed by atoms with Gasteiger partial charge in [0.25, 0.3) is 5.91 Å². The molecule has 0 spiro atoms. The van der Waals surface area contributed by atoms with Crippen molar-refractivity contribution in [2.75, 3.05) is 13.2 Å². The van der Waals surface area contributed by atoms with Gasteiger partial charge in [-0.1, -0.05) is 46.1 Å². The molecule has 0 heterocycles. The number of amides is 1. The maximum Gasteiger partial charge on any atom is 0.260 e. The van der Waals surface area contributed by atoms with Crippen molar-refractivity contribution in [1.82, 2.24) is 5.32 Å². The second-order valence-electron chi connectivity index (χ2n) is 5.39. The maximum absolute atomic E-state index is 11.6. The van der Waals surface area contributed by atoms with Crippen molar-refractivity contribution in [1.29, 1.82) is 0 Å². The first-order valence-electron chi connectivity index (χ1n) is 7.70. The van der Waals surface area contributed by atoms with Gasteiger partial charge < -0.3 is 10.2 Å². The number of rotatable bonds is 7. The smallest absolute Gasteiger partial charge is 0.260 e. The molecule has 1 aromatic carbocycles. The lowest BCUT2D eigenvalue weighted by atomic mass is 9.97. The first kappa shape index (κ1) is 17.8. The number of carbonyl (C=O) groups excluding carboxylic acids is 1. The van der Waals surface area contributed by atoms with Gasteiger partial charge >= 0.3 is 0 Å². The standard InChI is InChI=1S/C17H20Cl2N2O2/c18-15-7-6-14(10-16(15)19)11-21-23-12-17(22)20-9-8-13-4-2-1-3-5-13/h4,6-7,10-11H,1-3,5,8-9,12H2,(H,20,22)/b21-11-. The zero-order chi connectivity index (χ0) is 16.5. The number of hydrogen-bond acceptors (Lipinski definition) is 3. The van der Waals surface area contributed by atoms with Crippen LogP contribution in [0.15, 0.2) is 35.0 Å². The number of carbonyl (C=O) groups is 1. The van der Waals surface area contributed by atoms with Gasteiger partial charge in [-0.15, -0.1) is 0 Å². The first-order chi connectivity index (χ1) is 11.1. The molecule has 0 aliphatic heterocycles. The molecule has 0 bridgehead atoms. The highest BCUT2D eigenvalue weighted by molar-refractivity contribution is 6.42. The minimum atomic E-state index is -0.173. The lowest BCUT2D eigenvalue weighted by Crippen LogP contribution is -2.28. The molecule has 0 unspecified atom stereocenters. The number of allylic oxidation sites excluding steroid dienone is 1. The molecule has 0 atom stereocenters. The van der Waals surface area contributed by atoms with E-state index in [1.54, 1.807) is 18.2 Å². The third-order valence-corrected chi connectivity index (χ3v) is 4.31. The van der Waals surface area contributed by atoms with Gasteiger partial charge in [-0.3, -0.25) is 4.79 Å². The molecule has 1 aromatic rings. The van der Waals surface area contributed by atoms with Gasteiger partial charge in [0, 0.05) is 6.54 Å². The molecule has 0 saturated heterocycles. The molecule has 1 aliphatic rings. The molecule has 0 aromatic heterocycles. The van der Waals surface area contributed by atoms with Crippen LogP contribution in [0.25, 0.3) is 0 Å². The fourth-order valence-corrected chi connectivity index (χ4v) is 2.64. The van der Waals surface area contributed by atoms with Crippen LogP contribution in [0.2, 0.25) is 10.0 Å². The minimum Gasteiger partial charge on any atom is -0.386 e. The number of halogens is 2. The lowest BCUT2D eigenvalue weighted by Gasteiger charge is -2.12. The fourth-order valence-electron chi connectivity index (χ4n) is 2.33. The van der Waals surface area contributed by atoms with Crippen molar-refractivity contribution in [3.8, 4) is 0 Å². The van der Waals surface area contributed by atoms with E-state index < -0.39 is 0 Å². The molecule has 124 valence electrons. The largest absolute Gasteiger partial charge is 0.386 e. The predicted octanol–water partition coefficient (Wildman–Crippen LogP) is 4.35. The molecule has 0 radical (unpaired) electrons. The Kier molecular flexibility index (Phi) is 7.43. The summed E-state index contributed by atoms with van der Waals surface area (Å²) >= 11 is 11.7. The van der Waals surface area contributed by atoms with Crippen molar-refractivity contribution in [3.63, 3.8) is 0 Å². The average molecular weight is 355 g/mol. The second kappa shape index (κ2) is 9.58. The zero-order valence-electron chi connectivity index (χ0n) is 12.9. The van der Waals surface area contributed by atoms with E-state index in [-0.39, 0.29) is 12.5 Å². The van der Waals surface area contributed by atoms with Gasteiger partial charge in [0.15, 0.2) is 6.61 Å². The van der Waals surface area contributed by atoms with Crippen molar-refractivity contribution in [3.05, 3.63) is 45.5 Å². The van der Waals surface area contributed by atoms with Crippen molar-refractivity contribution in [2.45, 2.75) is 32.1 Å². The molecule has 2 rings (SSSR count). The molecule has 0 saturated carbocycles. The molecule has 1 amide bonds. The number of nitrogens with zero attached hydrogens (tertiary/aromatic N) is 1. The summed E-state index contributed by atoms with van der Waals surface area (Å²) < 4.78 is 0. The average Bonchev–Trinajstić information content (AvgIpc) is 2.56. The minimum absolute atomic E-state index is 0.100. The topological polar surface area (TPSA) is 50.7 Å². The van der Waals surface area contributed by atoms with Crippen molar-refractivity contribution in [2.24, 2.45) is 5.16 Å². The summed E-state index contributed by atoms with van der Waals surface area (Å²) in [6.07, 6.45) is 9.54. The van der Waals surface area contributed by atoms with E-state index in [9.17, 15) is 4.79 Å². The molecule has 23 heavy (non-hydrogen) atoms. The van der Waals surface area contributed by atoms with Crippen LogP contribution in [0.5, 0.6) is 0 Å². The van der Waals surface area contributed by atoms with E-state index in [0.29, 0.717) is 16.6 Å². The van der Waals surface area contributed by atoms with Crippen LogP contribution in [-0.4, -0.2) is 25.3 Å². The first-order valence-corrected chi connectivity index (χ1v) is 8.46. The summed E-state index contributed by atoms with van der Waals surface area (Å²) in [5.41, 5.74) is 2.19. The molecule has 6 heteroatoms. The van der Waals surface area contributed by atoms with Crippen LogP contribution in [-0.2, 0) is 9.63 Å². The Labute approximate surface area is 146 Å². The Balaban J connectivity index is 1.63. The number of benzene rings is 1. The van der Waals surface area contributed by atoms with E-state index in [1.165, 1.54) is 24.6 Å². The van der Waals surface area contributed by atoms with E-state index in [2.05, 4.69) is 16.5 Å². The van der Waals surface area contributed by atoms with Crippen LogP contribution in [0.1, 0.15) is 37.7 Å². The molecular weight excluding hydrogens is 335 g/mol. The monoisotopic (exact) mass is 354 g/mol. The quantitative estimate of drug-likeness (QED) is 0.449. The summed E-state index contributed by atoms with van der Waals surface area (Å²) in [6.45, 7) is 0.543. The SMILES string of the molecule is O=C(CO/N=C\c1ccc(Cl)c(Cl)c1)NCCC1=CCCCC1. The van der Waals surface area contributed by atoms with Gasteiger partial charge in [-0.25, -0.2) is 0 Å². The third kappa shape index (κ3) is 6.63. The summed E-state index contributed by atoms with van der Waals surface area (Å²) in [5.74, 6) is -0.173. The van der Waals surface area contributed by atoms with Gasteiger partial charge in [-0.05, 0) is 49.8 Å². The highest BCUT2D eigenvalue weighted by Gasteiger charge is 2.05. The van der Waals surface area contributed by atoms with E-state index in [1.807, 2.05) is 0 Å². The summed E-state index contributed by atoms with van der Waals surface area (Å²) in [4.78, 5) is 16.6. The van der Waals surface area contributed by atoms with Crippen LogP contribution >= 0.6 is 23.2 Å². The highest BCUT2D eigenvalue weighted by atomic mass is 35.5. The number of oxime groups is 1. The molecule has 4 nitrogen and oxygen atoms in total. The predicted molar refractivity (Wildman–Crippen MR) is 94.2 cm³/mol. The Morgan fingerprint density at radius 1 is 1.30 bits per heavy atom. The molecule has 1 N–H and O–H groups in total. The number of hydrogen-bond donors (Lipinski definition) is 1. The van der Waals surface area contributed by atoms with E-state index in [0.717, 1.165) is 24.8 Å². The van der Waals surface area contributed by atoms with Crippen LogP contribution in [0.3, 0.4) is 0 Å². The fraction of sp³-hybridized carbons (Fsp3) is 0.412. The van der Waals surface area contributed by atoms with E-state index >= 15 is 0 Å². The number of nitrogens with one attached hydrogen (secondary N) is 1. The Morgan fingerprint density at radius 2 is 2.17 bits per heavy atom. The highest BCUT2D eigenvalue weighted by Crippen LogP contribution is 2.21. The summed E-state index contributed by atoms with van der Waals surface area (Å²) in [5, 5.41) is 7.51. The zero-order valence-corrected chi connectivity index (χ0v) is 14.4. The second-order valence-corrected chi connectivity index (χ2v) is 6.20. The third-order valence-electron chi connectivity index (χ3n) is 3.57. The summed E-state index contributed by atoms with van der Waals surface area (Å²) in [7, 11) is 0. The van der Waals surface area contributed by atoms with Gasteiger partial charge in [0.2, 0.25) is 0 Å². The Hall–Kier alpha value is -1.52. The lowest BCUT2D eigenvalue weighted by molar-refractivity contribution is -0.125. The van der Waals surface area contributed by atoms with Crippen LogP contribution < -0.4 is 5.32 Å². The van der Waals surface area contributed by atoms with Gasteiger partial charge in [0.1, 0.15) is 0 Å². The molecular formula is C17H20Cl2N2O2. The normalized spacial score (nSPS) is 14.6. The van der Waals surface area contributed by atoms with Crippen LogP contribution in [0, 0.1) is 0 Å². The molecule has 1 aliphatic carbocycles. The van der Waals surface area contributed by atoms with Crippen molar-refractivity contribution >= 4 is 35.3 Å². The maximum atomic E-state index is 11.6. The Morgan fingerprint density at radius 3 is 2.91 bits per heavy atom. The van der Waals surface area contributed by atoms with Gasteiger partial charge in [0.05, 0.1) is 16.3 Å². The van der Waals surface area contributed by atoms with Gasteiger partial charge in [-0.2, -0.15) is 0 Å². The van der Waals surface area contributed by atoms with Crippen LogP contribution in [0.4, 0.5) is 0 Å².